The zero-order valence-electron chi connectivity index (χ0n) is 17.8. The first kappa shape index (κ1) is 22.0. The number of amides is 1. The number of rotatable bonds is 7. The lowest BCUT2D eigenvalue weighted by atomic mass is 9.80. The van der Waals surface area contributed by atoms with Gasteiger partial charge in [-0.1, -0.05) is 54.6 Å². The van der Waals surface area contributed by atoms with Gasteiger partial charge in [0.1, 0.15) is 5.60 Å². The van der Waals surface area contributed by atoms with Crippen molar-refractivity contribution in [2.75, 3.05) is 13.1 Å². The molecule has 3 N–H and O–H groups in total. The van der Waals surface area contributed by atoms with Crippen molar-refractivity contribution in [3.8, 4) is 0 Å². The normalized spacial score (nSPS) is 20.6. The largest absolute Gasteiger partial charge is 0.438 e. The molecule has 0 bridgehead atoms. The van der Waals surface area contributed by atoms with Crippen molar-refractivity contribution in [3.05, 3.63) is 71.3 Å². The van der Waals surface area contributed by atoms with E-state index in [4.69, 9.17) is 10.5 Å². The Kier molecular flexibility index (Phi) is 6.29. The number of hydrogen-bond acceptors (Lipinski definition) is 5. The van der Waals surface area contributed by atoms with Crippen molar-refractivity contribution in [3.63, 3.8) is 0 Å². The summed E-state index contributed by atoms with van der Waals surface area (Å²) in [6, 6.07) is 16.6. The van der Waals surface area contributed by atoms with Gasteiger partial charge in [0.2, 0.25) is 0 Å². The molecule has 0 unspecified atom stereocenters. The van der Waals surface area contributed by atoms with Gasteiger partial charge in [0, 0.05) is 24.9 Å². The van der Waals surface area contributed by atoms with Crippen LogP contribution in [0.4, 0.5) is 4.79 Å². The molecule has 6 heteroatoms. The Balaban J connectivity index is 1.81. The van der Waals surface area contributed by atoms with Crippen LogP contribution in [0.5, 0.6) is 0 Å². The molecule has 2 atom stereocenters. The topological polar surface area (TPSA) is 92.9 Å². The smallest absolute Gasteiger partial charge is 0.411 e. The molecule has 30 heavy (non-hydrogen) atoms. The van der Waals surface area contributed by atoms with E-state index in [1.807, 2.05) is 49.4 Å². The van der Waals surface area contributed by atoms with Gasteiger partial charge in [0.15, 0.2) is 5.78 Å². The van der Waals surface area contributed by atoms with Crippen molar-refractivity contribution in [2.45, 2.75) is 50.9 Å². The highest BCUT2D eigenvalue weighted by Crippen LogP contribution is 2.42. The van der Waals surface area contributed by atoms with Crippen LogP contribution in [0, 0.1) is 0 Å². The van der Waals surface area contributed by atoms with Gasteiger partial charge in [-0.3, -0.25) is 4.79 Å². The Bertz CT molecular complexity index is 890. The van der Waals surface area contributed by atoms with Crippen LogP contribution in [0.2, 0.25) is 0 Å². The Hall–Kier alpha value is -2.70. The fraction of sp³-hybridized carbons (Fsp3) is 0.417. The van der Waals surface area contributed by atoms with Crippen LogP contribution >= 0.6 is 0 Å². The van der Waals surface area contributed by atoms with E-state index in [9.17, 15) is 14.7 Å². The molecular formula is C24H30N2O4. The number of nitrogens with zero attached hydrogens (tertiary/aromatic N) is 1. The van der Waals surface area contributed by atoms with Gasteiger partial charge in [-0.05, 0) is 31.9 Å². The predicted molar refractivity (Wildman–Crippen MR) is 115 cm³/mol. The Morgan fingerprint density at radius 1 is 1.20 bits per heavy atom. The molecule has 1 amide bonds. The maximum Gasteiger partial charge on any atom is 0.411 e. The average molecular weight is 411 g/mol. The van der Waals surface area contributed by atoms with E-state index in [1.165, 1.54) is 0 Å². The van der Waals surface area contributed by atoms with Gasteiger partial charge < -0.3 is 20.5 Å². The minimum atomic E-state index is -0.991. The zero-order valence-corrected chi connectivity index (χ0v) is 17.8. The van der Waals surface area contributed by atoms with Crippen LogP contribution in [0.1, 0.15) is 61.1 Å². The number of ketones is 1. The first-order chi connectivity index (χ1) is 14.1. The molecule has 6 nitrogen and oxygen atoms in total. The summed E-state index contributed by atoms with van der Waals surface area (Å²) >= 11 is 0. The summed E-state index contributed by atoms with van der Waals surface area (Å²) in [5.74, 6) is -0.120. The first-order valence-electron chi connectivity index (χ1n) is 10.3. The molecule has 0 spiro atoms. The molecule has 0 radical (unpaired) electrons. The number of carbonyl (C=O) groups excluding carboxylic acids is 2. The van der Waals surface area contributed by atoms with Gasteiger partial charge in [-0.15, -0.1) is 0 Å². The quantitative estimate of drug-likeness (QED) is 0.678. The Morgan fingerprint density at radius 2 is 1.83 bits per heavy atom. The lowest BCUT2D eigenvalue weighted by Gasteiger charge is -2.45. The summed E-state index contributed by atoms with van der Waals surface area (Å²) in [7, 11) is 0. The first-order valence-corrected chi connectivity index (χ1v) is 10.3. The maximum absolute atomic E-state index is 13.1. The third kappa shape index (κ3) is 4.71. The zero-order chi connectivity index (χ0) is 21.9. The van der Waals surface area contributed by atoms with Crippen molar-refractivity contribution < 1.29 is 19.4 Å². The number of ether oxygens (including phenoxy) is 1. The molecule has 2 aromatic carbocycles. The highest BCUT2D eigenvalue weighted by atomic mass is 16.6. The molecule has 1 aliphatic rings. The van der Waals surface area contributed by atoms with E-state index in [-0.39, 0.29) is 18.4 Å². The second-order valence-electron chi connectivity index (χ2n) is 8.59. The molecule has 1 aliphatic heterocycles. The third-order valence-corrected chi connectivity index (χ3v) is 5.66. The third-order valence-electron chi connectivity index (χ3n) is 5.66. The summed E-state index contributed by atoms with van der Waals surface area (Å²) < 4.78 is 6.03. The maximum atomic E-state index is 13.1. The van der Waals surface area contributed by atoms with E-state index in [0.29, 0.717) is 24.9 Å². The number of nitrogens with two attached hydrogens (primary N) is 1. The van der Waals surface area contributed by atoms with Crippen LogP contribution in [-0.2, 0) is 10.3 Å². The number of hydrogen-bond donors (Lipinski definition) is 2. The van der Waals surface area contributed by atoms with E-state index >= 15 is 0 Å². The van der Waals surface area contributed by atoms with Crippen LogP contribution in [0.25, 0.3) is 0 Å². The number of benzene rings is 2. The van der Waals surface area contributed by atoms with Gasteiger partial charge in [-0.2, -0.15) is 0 Å². The van der Waals surface area contributed by atoms with Crippen molar-refractivity contribution in [1.29, 1.82) is 0 Å². The van der Waals surface area contributed by atoms with E-state index in [0.717, 1.165) is 11.1 Å². The summed E-state index contributed by atoms with van der Waals surface area (Å²) in [6.07, 6.45) is 0.471. The number of carbonyl (C=O) groups is 2. The molecule has 0 saturated carbocycles. The standard InChI is InChI=1S/C24H30N2O4/c1-17(18-9-11-19(12-10-18)21(27)15-25)26-14-13-24(30-22(26)28,16-23(2,3)29)20-7-5-4-6-8-20/h4-12,17,29H,13-16,25H2,1-3H3/t17-,24-/m0/s1. The van der Waals surface area contributed by atoms with Crippen molar-refractivity contribution in [2.24, 2.45) is 5.73 Å². The Labute approximate surface area is 177 Å². The molecule has 0 aliphatic carbocycles. The Morgan fingerprint density at radius 3 is 2.37 bits per heavy atom. The highest BCUT2D eigenvalue weighted by molar-refractivity contribution is 5.97. The summed E-state index contributed by atoms with van der Waals surface area (Å²) in [4.78, 5) is 26.5. The van der Waals surface area contributed by atoms with Crippen molar-refractivity contribution >= 4 is 11.9 Å². The minimum Gasteiger partial charge on any atom is -0.438 e. The minimum absolute atomic E-state index is 0.0316. The second-order valence-corrected chi connectivity index (χ2v) is 8.59. The molecule has 3 rings (SSSR count). The SMILES string of the molecule is C[C@@H](c1ccc(C(=O)CN)cc1)N1CC[C@](CC(C)(C)O)(c2ccccc2)OC1=O. The van der Waals surface area contributed by atoms with Crippen LogP contribution in [0.3, 0.4) is 0 Å². The summed E-state index contributed by atoms with van der Waals surface area (Å²) in [5, 5.41) is 10.5. The lowest BCUT2D eigenvalue weighted by molar-refractivity contribution is -0.101. The predicted octanol–water partition coefficient (Wildman–Crippen LogP) is 3.79. The van der Waals surface area contributed by atoms with Crippen LogP contribution in [-0.4, -0.2) is 40.6 Å². The molecule has 1 saturated heterocycles. The highest BCUT2D eigenvalue weighted by Gasteiger charge is 2.46. The van der Waals surface area contributed by atoms with Gasteiger partial charge in [0.25, 0.3) is 0 Å². The molecule has 160 valence electrons. The number of aliphatic hydroxyl groups is 1. The lowest BCUT2D eigenvalue weighted by Crippen LogP contribution is -2.51. The van der Waals surface area contributed by atoms with Gasteiger partial charge in [-0.25, -0.2) is 4.79 Å². The van der Waals surface area contributed by atoms with Crippen LogP contribution < -0.4 is 5.73 Å². The summed E-state index contributed by atoms with van der Waals surface area (Å²) in [5.41, 5.74) is 5.91. The molecule has 1 heterocycles. The number of Topliss-reactive ketones (excluding diaryl/α,β-unsaturated/α-hetero) is 1. The van der Waals surface area contributed by atoms with Gasteiger partial charge >= 0.3 is 6.09 Å². The molecule has 0 aromatic heterocycles. The van der Waals surface area contributed by atoms with Gasteiger partial charge in [0.05, 0.1) is 18.2 Å². The van der Waals surface area contributed by atoms with E-state index < -0.39 is 17.3 Å². The molecular weight excluding hydrogens is 380 g/mol. The monoisotopic (exact) mass is 410 g/mol. The van der Waals surface area contributed by atoms with Crippen molar-refractivity contribution in [1.82, 2.24) is 4.90 Å². The van der Waals surface area contributed by atoms with E-state index in [1.54, 1.807) is 30.9 Å². The number of cyclic esters (lactones) is 1. The molecule has 2 aromatic rings. The average Bonchev–Trinajstić information content (AvgIpc) is 2.72. The second kappa shape index (κ2) is 8.58. The van der Waals surface area contributed by atoms with E-state index in [2.05, 4.69) is 0 Å². The van der Waals surface area contributed by atoms with Crippen LogP contribution in [0.15, 0.2) is 54.6 Å². The fourth-order valence-electron chi connectivity index (χ4n) is 4.14. The summed E-state index contributed by atoms with van der Waals surface area (Å²) in [6.45, 7) is 5.85. The molecule has 1 fully saturated rings. The fourth-order valence-corrected chi connectivity index (χ4v) is 4.14.